The number of pyridine rings is 1. The van der Waals surface area contributed by atoms with Crippen molar-refractivity contribution in [3.8, 4) is 0 Å². The predicted molar refractivity (Wildman–Crippen MR) is 122 cm³/mol. The second-order valence-corrected chi connectivity index (χ2v) is 8.42. The second-order valence-electron chi connectivity index (χ2n) is 8.42. The van der Waals surface area contributed by atoms with Crippen molar-refractivity contribution in [2.75, 3.05) is 25.1 Å². The van der Waals surface area contributed by atoms with Crippen LogP contribution in [0.5, 0.6) is 0 Å². The second kappa shape index (κ2) is 9.49. The lowest BCUT2D eigenvalue weighted by Crippen LogP contribution is -2.40. The monoisotopic (exact) mass is 498 g/mol. The normalized spacial score (nSPS) is 15.8. The van der Waals surface area contributed by atoms with Crippen LogP contribution in [0.1, 0.15) is 46.3 Å². The number of carbonyl (C=O) groups excluding carboxylic acids is 3. The Morgan fingerprint density at radius 2 is 2.03 bits per heavy atom. The molecule has 3 aromatic rings. The smallest absolute Gasteiger partial charge is 0.358 e. The van der Waals surface area contributed by atoms with Crippen molar-refractivity contribution in [3.63, 3.8) is 0 Å². The van der Waals surface area contributed by atoms with Crippen LogP contribution in [0.3, 0.4) is 0 Å². The highest BCUT2D eigenvalue weighted by Crippen LogP contribution is 2.28. The summed E-state index contributed by atoms with van der Waals surface area (Å²) >= 11 is 0. The number of nitrogens with zero attached hydrogens (tertiary/aromatic N) is 5. The van der Waals surface area contributed by atoms with Crippen molar-refractivity contribution >= 4 is 29.2 Å². The standard InChI is InChI=1S/C23H23FN6O6/c1-2-36-23(34)16-9-19-29(12-18(31)26-17-4-3-13(24)10-25-17)20-15(21(32)30(19)27-16)11-28(22(20)33)14-5-7-35-8-6-14/h3-4,9-10,14H,2,5-8,11-12H2,1H3,(H,25,26,31). The van der Waals surface area contributed by atoms with Crippen molar-refractivity contribution in [2.45, 2.75) is 38.9 Å². The van der Waals surface area contributed by atoms with E-state index < -0.39 is 23.3 Å². The van der Waals surface area contributed by atoms with Gasteiger partial charge in [0.1, 0.15) is 29.5 Å². The summed E-state index contributed by atoms with van der Waals surface area (Å²) in [5, 5.41) is 6.65. The molecule has 0 aromatic carbocycles. The van der Waals surface area contributed by atoms with Crippen molar-refractivity contribution in [2.24, 2.45) is 0 Å². The molecule has 1 fully saturated rings. The molecular formula is C23H23FN6O6. The summed E-state index contributed by atoms with van der Waals surface area (Å²) in [6, 6.07) is 3.66. The van der Waals surface area contributed by atoms with Gasteiger partial charge in [0, 0.05) is 25.3 Å². The molecule has 0 unspecified atom stereocenters. The van der Waals surface area contributed by atoms with Gasteiger partial charge in [0.2, 0.25) is 5.91 Å². The summed E-state index contributed by atoms with van der Waals surface area (Å²) in [6.45, 7) is 2.44. The summed E-state index contributed by atoms with van der Waals surface area (Å²) < 4.78 is 26.0. The van der Waals surface area contributed by atoms with Crippen molar-refractivity contribution in [1.82, 2.24) is 24.1 Å². The van der Waals surface area contributed by atoms with Gasteiger partial charge in [-0.3, -0.25) is 14.4 Å². The molecule has 0 bridgehead atoms. The Morgan fingerprint density at radius 3 is 2.72 bits per heavy atom. The number of nitrogens with one attached hydrogen (secondary N) is 1. The van der Waals surface area contributed by atoms with Gasteiger partial charge in [0.05, 0.1) is 24.9 Å². The molecule has 13 heteroatoms. The van der Waals surface area contributed by atoms with Gasteiger partial charge in [-0.05, 0) is 31.9 Å². The topological polar surface area (TPSA) is 137 Å². The first-order valence-electron chi connectivity index (χ1n) is 11.5. The lowest BCUT2D eigenvalue weighted by Gasteiger charge is -2.30. The fourth-order valence-corrected chi connectivity index (χ4v) is 4.52. The first kappa shape index (κ1) is 23.6. The van der Waals surface area contributed by atoms with E-state index in [1.54, 1.807) is 11.8 Å². The molecule has 5 heterocycles. The zero-order valence-electron chi connectivity index (χ0n) is 19.4. The molecule has 2 aliphatic heterocycles. The highest BCUT2D eigenvalue weighted by molar-refractivity contribution is 5.99. The van der Waals surface area contributed by atoms with Gasteiger partial charge in [-0.25, -0.2) is 14.2 Å². The Kier molecular flexibility index (Phi) is 6.22. The number of hydrogen-bond donors (Lipinski definition) is 1. The average molecular weight is 498 g/mol. The Bertz CT molecular complexity index is 1410. The largest absolute Gasteiger partial charge is 0.461 e. The number of halogens is 1. The van der Waals surface area contributed by atoms with E-state index in [9.17, 15) is 23.6 Å². The molecule has 12 nitrogen and oxygen atoms in total. The molecule has 5 rings (SSSR count). The highest BCUT2D eigenvalue weighted by Gasteiger charge is 2.39. The van der Waals surface area contributed by atoms with Crippen LogP contribution in [0.25, 0.3) is 5.65 Å². The lowest BCUT2D eigenvalue weighted by atomic mass is 10.1. The quantitative estimate of drug-likeness (QED) is 0.497. The van der Waals surface area contributed by atoms with Crippen molar-refractivity contribution < 1.29 is 28.2 Å². The summed E-state index contributed by atoms with van der Waals surface area (Å²) in [4.78, 5) is 57.5. The van der Waals surface area contributed by atoms with Crippen LogP contribution in [-0.2, 0) is 27.4 Å². The molecule has 2 amide bonds. The number of rotatable bonds is 6. The van der Waals surface area contributed by atoms with E-state index >= 15 is 0 Å². The maximum atomic E-state index is 13.6. The molecule has 0 radical (unpaired) electrons. The van der Waals surface area contributed by atoms with E-state index in [1.807, 2.05) is 0 Å². The van der Waals surface area contributed by atoms with Gasteiger partial charge in [-0.15, -0.1) is 0 Å². The molecule has 0 saturated carbocycles. The SMILES string of the molecule is CCOC(=O)c1cc2n(CC(=O)Nc3ccc(F)cn3)c3c(c(=O)n2n1)CN(C1CCOCC1)C3=O. The van der Waals surface area contributed by atoms with Gasteiger partial charge < -0.3 is 24.3 Å². The number of carbonyl (C=O) groups is 3. The number of aromatic nitrogens is 4. The molecule has 0 spiro atoms. The summed E-state index contributed by atoms with van der Waals surface area (Å²) in [7, 11) is 0. The number of anilines is 1. The number of esters is 1. The van der Waals surface area contributed by atoms with Crippen LogP contribution in [0.15, 0.2) is 29.2 Å². The summed E-state index contributed by atoms with van der Waals surface area (Å²) in [6.07, 6.45) is 2.23. The van der Waals surface area contributed by atoms with E-state index in [2.05, 4.69) is 15.4 Å². The fraction of sp³-hybridized carbons (Fsp3) is 0.391. The van der Waals surface area contributed by atoms with Crippen LogP contribution in [0.2, 0.25) is 0 Å². The van der Waals surface area contributed by atoms with E-state index in [1.165, 1.54) is 16.7 Å². The van der Waals surface area contributed by atoms with Gasteiger partial charge in [0.25, 0.3) is 11.5 Å². The summed E-state index contributed by atoms with van der Waals surface area (Å²) in [5.74, 6) is -2.13. The molecule has 0 aliphatic carbocycles. The average Bonchev–Trinajstić information content (AvgIpc) is 3.47. The Labute approximate surface area is 203 Å². The van der Waals surface area contributed by atoms with Crippen molar-refractivity contribution in [1.29, 1.82) is 0 Å². The van der Waals surface area contributed by atoms with Crippen molar-refractivity contribution in [3.05, 3.63) is 57.5 Å². The molecule has 1 N–H and O–H groups in total. The van der Waals surface area contributed by atoms with Gasteiger partial charge in [-0.2, -0.15) is 9.61 Å². The first-order chi connectivity index (χ1) is 17.4. The van der Waals surface area contributed by atoms with Crippen LogP contribution >= 0.6 is 0 Å². The Hall–Kier alpha value is -4.13. The zero-order valence-corrected chi connectivity index (χ0v) is 19.4. The van der Waals surface area contributed by atoms with Crippen LogP contribution in [0.4, 0.5) is 10.2 Å². The minimum atomic E-state index is -0.734. The minimum Gasteiger partial charge on any atom is -0.461 e. The number of ether oxygens (including phenoxy) is 2. The fourth-order valence-electron chi connectivity index (χ4n) is 4.52. The van der Waals surface area contributed by atoms with E-state index in [-0.39, 0.29) is 60.1 Å². The molecule has 188 valence electrons. The van der Waals surface area contributed by atoms with Gasteiger partial charge in [0.15, 0.2) is 5.69 Å². The molecule has 1 saturated heterocycles. The van der Waals surface area contributed by atoms with E-state index in [0.29, 0.717) is 26.1 Å². The van der Waals surface area contributed by atoms with Crippen LogP contribution < -0.4 is 10.9 Å². The third-order valence-electron chi connectivity index (χ3n) is 6.18. The Balaban J connectivity index is 1.57. The van der Waals surface area contributed by atoms with E-state index in [0.717, 1.165) is 16.8 Å². The van der Waals surface area contributed by atoms with Crippen LogP contribution in [0, 0.1) is 5.82 Å². The third kappa shape index (κ3) is 4.21. The maximum Gasteiger partial charge on any atom is 0.358 e. The predicted octanol–water partition coefficient (Wildman–Crippen LogP) is 0.980. The van der Waals surface area contributed by atoms with E-state index in [4.69, 9.17) is 9.47 Å². The maximum absolute atomic E-state index is 13.6. The molecular weight excluding hydrogens is 475 g/mol. The zero-order chi connectivity index (χ0) is 25.4. The number of fused-ring (bicyclic) bond motifs is 2. The highest BCUT2D eigenvalue weighted by atomic mass is 19.1. The lowest BCUT2D eigenvalue weighted by molar-refractivity contribution is -0.116. The van der Waals surface area contributed by atoms with Crippen LogP contribution in [-0.4, -0.2) is 67.7 Å². The molecule has 0 atom stereocenters. The number of amides is 2. The van der Waals surface area contributed by atoms with Gasteiger partial charge >= 0.3 is 5.97 Å². The van der Waals surface area contributed by atoms with Gasteiger partial charge in [-0.1, -0.05) is 0 Å². The molecule has 36 heavy (non-hydrogen) atoms. The summed E-state index contributed by atoms with van der Waals surface area (Å²) in [5.41, 5.74) is -0.330. The third-order valence-corrected chi connectivity index (χ3v) is 6.18. The molecule has 3 aromatic heterocycles. The Morgan fingerprint density at radius 1 is 1.25 bits per heavy atom. The molecule has 2 aliphatic rings. The first-order valence-corrected chi connectivity index (χ1v) is 11.5. The minimum absolute atomic E-state index is 0.0589. The number of hydrogen-bond acceptors (Lipinski definition) is 8.